The molecule has 0 radical (unpaired) electrons. The second-order valence-corrected chi connectivity index (χ2v) is 6.32. The van der Waals surface area contributed by atoms with Gasteiger partial charge < -0.3 is 5.73 Å². The molecular formula is C12H18N2O2S. The van der Waals surface area contributed by atoms with E-state index in [1.807, 2.05) is 6.92 Å². The van der Waals surface area contributed by atoms with Crippen molar-refractivity contribution in [3.63, 3.8) is 0 Å². The highest BCUT2D eigenvalue weighted by molar-refractivity contribution is 7.89. The van der Waals surface area contributed by atoms with Gasteiger partial charge in [0.2, 0.25) is 10.0 Å². The molecular weight excluding hydrogens is 236 g/mol. The molecule has 0 aromatic heterocycles. The van der Waals surface area contributed by atoms with E-state index in [1.54, 1.807) is 24.3 Å². The van der Waals surface area contributed by atoms with Crippen molar-refractivity contribution in [2.75, 3.05) is 0 Å². The summed E-state index contributed by atoms with van der Waals surface area (Å²) < 4.78 is 26.6. The van der Waals surface area contributed by atoms with Crippen LogP contribution in [0.5, 0.6) is 0 Å². The molecule has 0 spiro atoms. The fourth-order valence-corrected chi connectivity index (χ4v) is 3.07. The van der Waals surface area contributed by atoms with Crippen molar-refractivity contribution in [3.8, 4) is 0 Å². The highest BCUT2D eigenvalue weighted by Crippen LogP contribution is 2.21. The van der Waals surface area contributed by atoms with Crippen LogP contribution in [0.3, 0.4) is 0 Å². The van der Waals surface area contributed by atoms with Gasteiger partial charge in [0.1, 0.15) is 0 Å². The highest BCUT2D eigenvalue weighted by Gasteiger charge is 2.24. The predicted octanol–water partition coefficient (Wildman–Crippen LogP) is 1.54. The van der Waals surface area contributed by atoms with Gasteiger partial charge in [-0.2, -0.15) is 0 Å². The molecule has 1 aromatic rings. The SMILES string of the molecule is CC(N)c1ccc(S(=O)(=O)NC2CCC2)cc1. The first-order chi connectivity index (χ1) is 7.99. The Morgan fingerprint density at radius 3 is 2.29 bits per heavy atom. The summed E-state index contributed by atoms with van der Waals surface area (Å²) in [7, 11) is -3.35. The molecule has 0 heterocycles. The van der Waals surface area contributed by atoms with Crippen molar-refractivity contribution < 1.29 is 8.42 Å². The molecule has 17 heavy (non-hydrogen) atoms. The zero-order chi connectivity index (χ0) is 12.5. The van der Waals surface area contributed by atoms with Crippen LogP contribution in [-0.2, 0) is 10.0 Å². The predicted molar refractivity (Wildman–Crippen MR) is 67.0 cm³/mol. The van der Waals surface area contributed by atoms with Gasteiger partial charge in [-0.15, -0.1) is 0 Å². The first kappa shape index (κ1) is 12.5. The first-order valence-electron chi connectivity index (χ1n) is 5.87. The topological polar surface area (TPSA) is 72.2 Å². The molecule has 1 aliphatic carbocycles. The van der Waals surface area contributed by atoms with Crippen LogP contribution in [0.25, 0.3) is 0 Å². The molecule has 0 aliphatic heterocycles. The maximum atomic E-state index is 12.0. The van der Waals surface area contributed by atoms with Gasteiger partial charge in [-0.05, 0) is 37.5 Å². The quantitative estimate of drug-likeness (QED) is 0.856. The minimum atomic E-state index is -3.35. The van der Waals surface area contributed by atoms with Crippen LogP contribution in [0.4, 0.5) is 0 Å². The smallest absolute Gasteiger partial charge is 0.240 e. The Morgan fingerprint density at radius 2 is 1.88 bits per heavy atom. The third-order valence-corrected chi connectivity index (χ3v) is 4.68. The average Bonchev–Trinajstić information content (AvgIpc) is 2.24. The van der Waals surface area contributed by atoms with Crippen molar-refractivity contribution in [3.05, 3.63) is 29.8 Å². The molecule has 1 saturated carbocycles. The second kappa shape index (κ2) is 4.76. The Bertz CT molecular complexity index is 476. The van der Waals surface area contributed by atoms with Crippen LogP contribution in [0.2, 0.25) is 0 Å². The van der Waals surface area contributed by atoms with E-state index in [2.05, 4.69) is 4.72 Å². The summed E-state index contributed by atoms with van der Waals surface area (Å²) in [5.74, 6) is 0. The van der Waals surface area contributed by atoms with Gasteiger partial charge in [0.25, 0.3) is 0 Å². The molecule has 0 amide bonds. The number of nitrogens with two attached hydrogens (primary N) is 1. The van der Waals surface area contributed by atoms with Crippen LogP contribution in [0.1, 0.15) is 37.8 Å². The standard InChI is InChI=1S/C12H18N2O2S/c1-9(13)10-5-7-12(8-6-10)17(15,16)14-11-3-2-4-11/h5-9,11,14H,2-4,13H2,1H3. The summed E-state index contributed by atoms with van der Waals surface area (Å²) in [4.78, 5) is 0.314. The van der Waals surface area contributed by atoms with Crippen LogP contribution < -0.4 is 10.5 Å². The van der Waals surface area contributed by atoms with E-state index in [-0.39, 0.29) is 12.1 Å². The van der Waals surface area contributed by atoms with Crippen LogP contribution in [0.15, 0.2) is 29.2 Å². The molecule has 1 fully saturated rings. The van der Waals surface area contributed by atoms with Crippen molar-refractivity contribution in [2.45, 2.75) is 43.2 Å². The minimum absolute atomic E-state index is 0.0775. The van der Waals surface area contributed by atoms with E-state index in [9.17, 15) is 8.42 Å². The van der Waals surface area contributed by atoms with E-state index in [4.69, 9.17) is 5.73 Å². The molecule has 0 saturated heterocycles. The summed E-state index contributed by atoms with van der Waals surface area (Å²) in [5, 5.41) is 0. The van der Waals surface area contributed by atoms with Crippen molar-refractivity contribution >= 4 is 10.0 Å². The van der Waals surface area contributed by atoms with Crippen LogP contribution in [-0.4, -0.2) is 14.5 Å². The molecule has 1 unspecified atom stereocenters. The van der Waals surface area contributed by atoms with Gasteiger partial charge >= 0.3 is 0 Å². The molecule has 4 nitrogen and oxygen atoms in total. The third kappa shape index (κ3) is 2.86. The van der Waals surface area contributed by atoms with Crippen molar-refractivity contribution in [1.29, 1.82) is 0 Å². The normalized spacial score (nSPS) is 18.7. The fourth-order valence-electron chi connectivity index (χ4n) is 1.76. The molecule has 3 N–H and O–H groups in total. The van der Waals surface area contributed by atoms with Crippen molar-refractivity contribution in [2.24, 2.45) is 5.73 Å². The number of hydrogen-bond acceptors (Lipinski definition) is 3. The first-order valence-corrected chi connectivity index (χ1v) is 7.35. The summed E-state index contributed by atoms with van der Waals surface area (Å²) in [6.07, 6.45) is 2.99. The van der Waals surface area contributed by atoms with Crippen molar-refractivity contribution in [1.82, 2.24) is 4.72 Å². The lowest BCUT2D eigenvalue weighted by molar-refractivity contribution is 0.383. The Labute approximate surface area is 102 Å². The van der Waals surface area contributed by atoms with Gasteiger partial charge in [-0.3, -0.25) is 0 Å². The maximum absolute atomic E-state index is 12.0. The van der Waals surface area contributed by atoms with Gasteiger partial charge in [0.05, 0.1) is 4.90 Å². The molecule has 0 bridgehead atoms. The lowest BCUT2D eigenvalue weighted by atomic mass is 9.94. The van der Waals surface area contributed by atoms with Gasteiger partial charge in [0.15, 0.2) is 0 Å². The second-order valence-electron chi connectivity index (χ2n) is 4.61. The Kier molecular flexibility index (Phi) is 3.51. The summed E-state index contributed by atoms with van der Waals surface area (Å²) in [5.41, 5.74) is 6.66. The zero-order valence-corrected chi connectivity index (χ0v) is 10.7. The number of benzene rings is 1. The number of sulfonamides is 1. The molecule has 94 valence electrons. The maximum Gasteiger partial charge on any atom is 0.240 e. The summed E-state index contributed by atoms with van der Waals surface area (Å²) >= 11 is 0. The van der Waals surface area contributed by atoms with Crippen LogP contribution >= 0.6 is 0 Å². The number of nitrogens with one attached hydrogen (secondary N) is 1. The average molecular weight is 254 g/mol. The summed E-state index contributed by atoms with van der Waals surface area (Å²) in [6, 6.07) is 6.79. The lowest BCUT2D eigenvalue weighted by Crippen LogP contribution is -2.39. The molecule has 1 atom stereocenters. The van der Waals surface area contributed by atoms with E-state index in [0.717, 1.165) is 24.8 Å². The molecule has 5 heteroatoms. The number of hydrogen-bond donors (Lipinski definition) is 2. The molecule has 1 aromatic carbocycles. The Hall–Kier alpha value is -0.910. The largest absolute Gasteiger partial charge is 0.324 e. The third-order valence-electron chi connectivity index (χ3n) is 3.14. The highest BCUT2D eigenvalue weighted by atomic mass is 32.2. The Balaban J connectivity index is 2.15. The Morgan fingerprint density at radius 1 is 1.29 bits per heavy atom. The summed E-state index contributed by atoms with van der Waals surface area (Å²) in [6.45, 7) is 1.87. The van der Waals surface area contributed by atoms with E-state index in [1.165, 1.54) is 0 Å². The van der Waals surface area contributed by atoms with Gasteiger partial charge in [0, 0.05) is 12.1 Å². The van der Waals surface area contributed by atoms with Crippen LogP contribution in [0, 0.1) is 0 Å². The monoisotopic (exact) mass is 254 g/mol. The van der Waals surface area contributed by atoms with E-state index < -0.39 is 10.0 Å². The van der Waals surface area contributed by atoms with E-state index in [0.29, 0.717) is 4.90 Å². The molecule has 1 aliphatic rings. The minimum Gasteiger partial charge on any atom is -0.324 e. The lowest BCUT2D eigenvalue weighted by Gasteiger charge is -2.26. The fraction of sp³-hybridized carbons (Fsp3) is 0.500. The van der Waals surface area contributed by atoms with Gasteiger partial charge in [-0.1, -0.05) is 18.6 Å². The zero-order valence-electron chi connectivity index (χ0n) is 9.89. The molecule has 2 rings (SSSR count). The van der Waals surface area contributed by atoms with Gasteiger partial charge in [-0.25, -0.2) is 13.1 Å². The number of rotatable bonds is 4. The van der Waals surface area contributed by atoms with E-state index >= 15 is 0 Å².